The van der Waals surface area contributed by atoms with Crippen LogP contribution in [0.3, 0.4) is 0 Å². The first-order chi connectivity index (χ1) is 37.9. The van der Waals surface area contributed by atoms with Crippen molar-refractivity contribution < 1.29 is 52.2 Å². The van der Waals surface area contributed by atoms with Gasteiger partial charge in [-0.3, -0.25) is 0 Å². The minimum atomic E-state index is -2.00. The molecule has 0 unspecified atom stereocenters. The molecule has 0 fully saturated rings. The van der Waals surface area contributed by atoms with E-state index in [2.05, 4.69) is 0 Å². The van der Waals surface area contributed by atoms with E-state index >= 15 is 0 Å². The molecule has 0 radical (unpaired) electrons. The Balaban J connectivity index is 1.22. The maximum absolute atomic E-state index is 10.1. The summed E-state index contributed by atoms with van der Waals surface area (Å²) in [4.78, 5) is 0. The van der Waals surface area contributed by atoms with E-state index in [9.17, 15) is 15.1 Å². The number of nitrogens with zero attached hydrogens (tertiary/aromatic N) is 1. The third-order valence-electron chi connectivity index (χ3n) is 8.99. The molecule has 2 aromatic heterocycles. The molecule has 0 amide bonds. The van der Waals surface area contributed by atoms with E-state index in [1.807, 2.05) is 0 Å². The molecule has 4 heterocycles. The van der Waals surface area contributed by atoms with Gasteiger partial charge in [-0.15, -0.1) is 0 Å². The zero-order valence-corrected chi connectivity index (χ0v) is 26.2. The minimum absolute atomic E-state index is 0.374. The first kappa shape index (κ1) is 12.9. The van der Waals surface area contributed by atoms with Crippen molar-refractivity contribution in [1.29, 1.82) is 0 Å². The van der Waals surface area contributed by atoms with E-state index in [1.54, 1.807) is 0 Å². The van der Waals surface area contributed by atoms with Crippen molar-refractivity contribution in [3.8, 4) is 56.3 Å². The summed E-state index contributed by atoms with van der Waals surface area (Å²) in [6.07, 6.45) is 0. The fraction of sp³-hybridized carbons (Fsp3) is 0. The number of aromatic nitrogens is 1. The molecule has 2 aliphatic rings. The largest absolute Gasteiger partial charge is 0.551 e. The number of fused-ring (bicyclic) bond motifs is 10. The molecule has 0 saturated carbocycles. The quantitative estimate of drug-likeness (QED) is 0.172. The highest BCUT2D eigenvalue weighted by atomic mass is 16.5. The number of ether oxygens (including phenoxy) is 1. The fourth-order valence-corrected chi connectivity index (χ4v) is 6.75. The molecule has 0 spiro atoms. The second kappa shape index (κ2) is 10.8. The van der Waals surface area contributed by atoms with Crippen LogP contribution in [0.5, 0.6) is 17.2 Å². The Kier molecular flexibility index (Phi) is 2.62. The summed E-state index contributed by atoms with van der Waals surface area (Å²) in [6, 6.07) is -24.3. The molecular weight excluding hydrogens is 649 g/mol. The summed E-state index contributed by atoms with van der Waals surface area (Å²) in [5, 5.41) is -1.69. The lowest BCUT2D eigenvalue weighted by molar-refractivity contribution is 0.479. The van der Waals surface area contributed by atoms with Crippen LogP contribution in [-0.4, -0.2) is 11.5 Å². The second-order valence-electron chi connectivity index (χ2n) is 11.8. The van der Waals surface area contributed by atoms with E-state index in [1.165, 1.54) is 0 Å². The lowest BCUT2D eigenvalue weighted by atomic mass is 9.50. The van der Waals surface area contributed by atoms with E-state index in [-0.39, 0.29) is 5.39 Å². The molecule has 4 nitrogen and oxygen atoms in total. The smallest absolute Gasteiger partial charge is 0.434 e. The summed E-state index contributed by atoms with van der Waals surface area (Å²) in [5.41, 5.74) is -8.36. The van der Waals surface area contributed by atoms with Gasteiger partial charge in [-0.2, -0.15) is 0 Å². The topological polar surface area (TPSA) is 36.5 Å². The zero-order valence-electron chi connectivity index (χ0n) is 54.2. The van der Waals surface area contributed by atoms with E-state index < -0.39 is 282 Å². The average molecular weight is 706 g/mol. The van der Waals surface area contributed by atoms with Crippen molar-refractivity contribution in [1.82, 2.24) is 4.57 Å². The standard InChI is InChI=1S/C48H28BNO3/c1-2-12-33(32(11-1)29-21-23-38-36-15-5-9-19-43(36)51-46(38)26-29)30-25-39-37-16-6-10-20-44(37)53-49-40-28-31(22-24-45(40)52-47(27-30)48(39)49)50-41-17-7-3-13-34(41)35-14-4-8-18-42(35)50/h1-28H/i1D,2D,3D,4D,5D,6D,7D,8D,9D,10D,11D,12D,13D,14D,15D,16D,17D,18D,19D,20D,21D,22D,23D,24D,25D,26D,27D,28D. The molecule has 2 aliphatic heterocycles. The van der Waals surface area contributed by atoms with Crippen LogP contribution < -0.4 is 20.3 Å². The van der Waals surface area contributed by atoms with Gasteiger partial charge in [0.15, 0.2) is 0 Å². The Bertz CT molecular complexity index is 4690. The van der Waals surface area contributed by atoms with Crippen molar-refractivity contribution in [2.75, 3.05) is 0 Å². The van der Waals surface area contributed by atoms with Crippen LogP contribution in [0, 0.1) is 0 Å². The highest BCUT2D eigenvalue weighted by molar-refractivity contribution is 6.84. The molecule has 0 saturated heterocycles. The van der Waals surface area contributed by atoms with Crippen molar-refractivity contribution in [3.05, 3.63) is 169 Å². The van der Waals surface area contributed by atoms with Crippen molar-refractivity contribution >= 4 is 61.6 Å². The van der Waals surface area contributed by atoms with Crippen molar-refractivity contribution in [2.45, 2.75) is 0 Å². The molecular formula is C48H28BNO3. The van der Waals surface area contributed by atoms with Gasteiger partial charge in [0, 0.05) is 43.7 Å². The first-order valence-electron chi connectivity index (χ1n) is 29.8. The van der Waals surface area contributed by atoms with Gasteiger partial charge >= 0.3 is 6.92 Å². The molecule has 246 valence electrons. The number of furan rings is 1. The van der Waals surface area contributed by atoms with Crippen LogP contribution >= 0.6 is 0 Å². The summed E-state index contributed by atoms with van der Waals surface area (Å²) in [5.74, 6) is -2.21. The van der Waals surface area contributed by atoms with Gasteiger partial charge in [-0.25, -0.2) is 0 Å². The molecule has 53 heavy (non-hydrogen) atoms. The van der Waals surface area contributed by atoms with E-state index in [4.69, 9.17) is 37.1 Å². The van der Waals surface area contributed by atoms with Gasteiger partial charge < -0.3 is 18.4 Å². The van der Waals surface area contributed by atoms with Gasteiger partial charge in [-0.1, -0.05) is 103 Å². The summed E-state index contributed by atoms with van der Waals surface area (Å²) in [7, 11) is 0. The maximum Gasteiger partial charge on any atom is 0.434 e. The van der Waals surface area contributed by atoms with Crippen LogP contribution in [0.1, 0.15) is 38.4 Å². The lowest BCUT2D eigenvalue weighted by Crippen LogP contribution is -2.53. The summed E-state index contributed by atoms with van der Waals surface area (Å²) in [6.45, 7) is -2.00. The van der Waals surface area contributed by atoms with Gasteiger partial charge in [-0.05, 0) is 94.3 Å². The highest BCUT2D eigenvalue weighted by Crippen LogP contribution is 2.44. The Morgan fingerprint density at radius 3 is 1.92 bits per heavy atom. The van der Waals surface area contributed by atoms with Crippen molar-refractivity contribution in [2.24, 2.45) is 0 Å². The van der Waals surface area contributed by atoms with Gasteiger partial charge in [0.05, 0.1) is 49.4 Å². The first-order valence-corrected chi connectivity index (χ1v) is 15.8. The molecule has 0 bridgehead atoms. The molecule has 5 heteroatoms. The van der Waals surface area contributed by atoms with E-state index in [0.717, 1.165) is 4.57 Å². The van der Waals surface area contributed by atoms with Crippen LogP contribution in [0.4, 0.5) is 0 Å². The Hall–Kier alpha value is -6.98. The second-order valence-corrected chi connectivity index (χ2v) is 11.8. The van der Waals surface area contributed by atoms with E-state index in [0.29, 0.717) is 0 Å². The maximum atomic E-state index is 10.1. The average Bonchev–Trinajstić information content (AvgIpc) is 3.76. The molecule has 0 aliphatic carbocycles. The monoisotopic (exact) mass is 705 g/mol. The molecule has 0 atom stereocenters. The number of para-hydroxylation sites is 4. The summed E-state index contributed by atoms with van der Waals surface area (Å²) >= 11 is 0. The summed E-state index contributed by atoms with van der Waals surface area (Å²) < 4.78 is 272. The van der Waals surface area contributed by atoms with Crippen LogP contribution in [0.25, 0.3) is 82.8 Å². The third kappa shape index (κ3) is 4.13. The predicted molar refractivity (Wildman–Crippen MR) is 217 cm³/mol. The van der Waals surface area contributed by atoms with Gasteiger partial charge in [0.2, 0.25) is 0 Å². The number of hydrogen-bond donors (Lipinski definition) is 0. The Morgan fingerprint density at radius 2 is 1.11 bits per heavy atom. The molecule has 12 rings (SSSR count). The van der Waals surface area contributed by atoms with Crippen LogP contribution in [0.15, 0.2) is 174 Å². The predicted octanol–water partition coefficient (Wildman–Crippen LogP) is 11.3. The fourth-order valence-electron chi connectivity index (χ4n) is 6.75. The Morgan fingerprint density at radius 1 is 0.453 bits per heavy atom. The Labute approximate surface area is 344 Å². The molecule has 10 aromatic rings. The molecule has 8 aromatic carbocycles. The highest BCUT2D eigenvalue weighted by Gasteiger charge is 2.41. The normalized spacial score (nSPS) is 20.2. The number of hydrogen-bond acceptors (Lipinski definition) is 3. The van der Waals surface area contributed by atoms with Gasteiger partial charge in [0.25, 0.3) is 0 Å². The van der Waals surface area contributed by atoms with Crippen LogP contribution in [0.2, 0.25) is 0 Å². The SMILES string of the molecule is [2H]c1c([2H])c([2H])c2c(c1[2H])OB1c3c([2H])c(-n4c5c([2H])c([2H])c([2H])c([2H])c5c5c([2H])c([2H])c([2H])c([2H])c54)c([2H])c([2H])c3Oc3c([2H])c(-c4c([2H])c([2H])c([2H])c([2H])c4-c4c([2H])c([2H])c5c(oc6c([2H])c([2H])c([2H])c([2H])c65)c4[2H])c([2H])c-2c31. The third-order valence-corrected chi connectivity index (χ3v) is 8.99. The zero-order chi connectivity index (χ0) is 59.0. The molecule has 0 N–H and O–H groups in total. The number of benzene rings is 8. The van der Waals surface area contributed by atoms with Crippen LogP contribution in [-0.2, 0) is 0 Å². The minimum Gasteiger partial charge on any atom is -0.551 e. The van der Waals surface area contributed by atoms with Crippen molar-refractivity contribution in [3.63, 3.8) is 0 Å². The lowest BCUT2D eigenvalue weighted by Gasteiger charge is -2.33. The van der Waals surface area contributed by atoms with Gasteiger partial charge in [0.1, 0.15) is 28.4 Å². The number of rotatable bonds is 3.